The zero-order valence-corrected chi connectivity index (χ0v) is 25.9. The SMILES string of the molecule is COC(=O)c1nc(NCCC2=COC(C)(C)O2)sc1CCCOc1ccc(C#CCN(C)C(=O)OC(C)(C)C)cc1F. The van der Waals surface area contributed by atoms with Crippen LogP contribution in [0.1, 0.15) is 68.4 Å². The van der Waals surface area contributed by atoms with Gasteiger partial charge in [0, 0.05) is 44.3 Å². The molecule has 12 heteroatoms. The maximum absolute atomic E-state index is 14.6. The number of amides is 1. The quantitative estimate of drug-likeness (QED) is 0.196. The molecule has 0 saturated carbocycles. The normalized spacial score (nSPS) is 13.6. The van der Waals surface area contributed by atoms with Crippen LogP contribution < -0.4 is 10.1 Å². The zero-order valence-electron chi connectivity index (χ0n) is 25.1. The maximum atomic E-state index is 14.6. The van der Waals surface area contributed by atoms with Crippen LogP contribution in [0.5, 0.6) is 5.75 Å². The summed E-state index contributed by atoms with van der Waals surface area (Å²) < 4.78 is 41.5. The second-order valence-electron chi connectivity index (χ2n) is 10.9. The lowest BCUT2D eigenvalue weighted by molar-refractivity contribution is -0.117. The minimum atomic E-state index is -0.662. The third-order valence-electron chi connectivity index (χ3n) is 5.57. The van der Waals surface area contributed by atoms with Gasteiger partial charge in [-0.25, -0.2) is 19.0 Å². The Morgan fingerprint density at radius 3 is 2.64 bits per heavy atom. The second kappa shape index (κ2) is 14.3. The first-order chi connectivity index (χ1) is 19.8. The van der Waals surface area contributed by atoms with Crippen LogP contribution in [0, 0.1) is 17.7 Å². The van der Waals surface area contributed by atoms with Crippen LogP contribution >= 0.6 is 11.3 Å². The summed E-state index contributed by atoms with van der Waals surface area (Å²) in [6.07, 6.45) is 2.74. The molecule has 0 fully saturated rings. The molecule has 2 heterocycles. The van der Waals surface area contributed by atoms with Gasteiger partial charge in [-0.15, -0.1) is 11.3 Å². The van der Waals surface area contributed by atoms with E-state index < -0.39 is 29.3 Å². The molecule has 0 saturated heterocycles. The molecule has 0 unspecified atom stereocenters. The fourth-order valence-electron chi connectivity index (χ4n) is 3.60. The molecule has 1 aromatic carbocycles. The fourth-order valence-corrected chi connectivity index (χ4v) is 4.62. The van der Waals surface area contributed by atoms with Crippen molar-refractivity contribution < 1.29 is 37.7 Å². The van der Waals surface area contributed by atoms with E-state index in [2.05, 4.69) is 22.1 Å². The summed E-state index contributed by atoms with van der Waals surface area (Å²) in [6.45, 7) is 9.93. The maximum Gasteiger partial charge on any atom is 0.410 e. The minimum absolute atomic E-state index is 0.0990. The molecule has 1 aliphatic heterocycles. The Morgan fingerprint density at radius 1 is 1.24 bits per heavy atom. The average Bonchev–Trinajstić information content (AvgIpc) is 3.48. The van der Waals surface area contributed by atoms with Crippen LogP contribution in [0.2, 0.25) is 0 Å². The molecule has 1 aromatic heterocycles. The molecule has 0 radical (unpaired) electrons. The standard InChI is InChI=1S/C30H38FN3O7S/c1-29(2,3)41-28(36)34(6)16-8-10-20-12-13-23(22(31)18-20)38-17-9-11-24-25(26(35)37-7)33-27(42-24)32-15-14-21-19-39-30(4,5)40-21/h12-13,18-19H,9,11,14-17H2,1-7H3,(H,32,33). The van der Waals surface area contributed by atoms with Crippen molar-refractivity contribution in [3.63, 3.8) is 0 Å². The van der Waals surface area contributed by atoms with Crippen molar-refractivity contribution in [2.24, 2.45) is 0 Å². The predicted molar refractivity (Wildman–Crippen MR) is 157 cm³/mol. The summed E-state index contributed by atoms with van der Waals surface area (Å²) in [7, 11) is 2.89. The lowest BCUT2D eigenvalue weighted by Gasteiger charge is -2.23. The smallest absolute Gasteiger partial charge is 0.410 e. The second-order valence-corrected chi connectivity index (χ2v) is 12.0. The summed E-state index contributed by atoms with van der Waals surface area (Å²) in [5, 5.41) is 3.80. The number of nitrogens with zero attached hydrogens (tertiary/aromatic N) is 2. The van der Waals surface area contributed by atoms with Crippen LogP contribution in [-0.2, 0) is 25.4 Å². The van der Waals surface area contributed by atoms with E-state index in [-0.39, 0.29) is 24.6 Å². The Balaban J connectivity index is 1.48. The van der Waals surface area contributed by atoms with Crippen molar-refractivity contribution in [3.05, 3.63) is 52.2 Å². The van der Waals surface area contributed by atoms with E-state index in [1.807, 2.05) is 13.8 Å². The lowest BCUT2D eigenvalue weighted by atomic mass is 10.2. The van der Waals surface area contributed by atoms with E-state index in [1.54, 1.807) is 40.1 Å². The number of hydrogen-bond acceptors (Lipinski definition) is 10. The van der Waals surface area contributed by atoms with Gasteiger partial charge in [0.2, 0.25) is 5.79 Å². The van der Waals surface area contributed by atoms with Crippen molar-refractivity contribution in [1.29, 1.82) is 0 Å². The monoisotopic (exact) mass is 603 g/mol. The number of ether oxygens (including phenoxy) is 5. The molecule has 1 aliphatic rings. The number of esters is 1. The molecule has 2 aromatic rings. The molecular formula is C30H38FN3O7S. The van der Waals surface area contributed by atoms with E-state index in [0.717, 1.165) is 10.6 Å². The van der Waals surface area contributed by atoms with Crippen molar-refractivity contribution in [1.82, 2.24) is 9.88 Å². The number of benzene rings is 1. The van der Waals surface area contributed by atoms with Crippen LogP contribution in [0.4, 0.5) is 14.3 Å². The highest BCUT2D eigenvalue weighted by atomic mass is 32.1. The number of anilines is 1. The van der Waals surface area contributed by atoms with Crippen LogP contribution in [-0.4, -0.2) is 67.2 Å². The summed E-state index contributed by atoms with van der Waals surface area (Å²) in [5.74, 6) is 4.78. The van der Waals surface area contributed by atoms with Gasteiger partial charge in [-0.05, 0) is 51.8 Å². The van der Waals surface area contributed by atoms with Gasteiger partial charge in [0.15, 0.2) is 22.4 Å². The number of methoxy groups -OCH3 is 1. The van der Waals surface area contributed by atoms with E-state index in [9.17, 15) is 14.0 Å². The number of aryl methyl sites for hydroxylation is 1. The molecule has 228 valence electrons. The number of hydrogen-bond donors (Lipinski definition) is 1. The van der Waals surface area contributed by atoms with Crippen LogP contribution in [0.25, 0.3) is 0 Å². The predicted octanol–water partition coefficient (Wildman–Crippen LogP) is 5.73. The van der Waals surface area contributed by atoms with Gasteiger partial charge >= 0.3 is 12.1 Å². The van der Waals surface area contributed by atoms with Crippen molar-refractivity contribution in [2.45, 2.75) is 65.3 Å². The highest BCUT2D eigenvalue weighted by Gasteiger charge is 2.27. The molecule has 0 spiro atoms. The number of thiazole rings is 1. The third kappa shape index (κ3) is 10.1. The Kier molecular flexibility index (Phi) is 11.1. The Morgan fingerprint density at radius 2 is 2.00 bits per heavy atom. The Bertz CT molecular complexity index is 1350. The Labute approximate surface area is 250 Å². The van der Waals surface area contributed by atoms with E-state index in [4.69, 9.17) is 23.7 Å². The topological polar surface area (TPSA) is 108 Å². The van der Waals surface area contributed by atoms with Gasteiger partial charge in [0.05, 0.1) is 20.3 Å². The summed E-state index contributed by atoms with van der Waals surface area (Å²) in [5.41, 5.74) is 0.105. The summed E-state index contributed by atoms with van der Waals surface area (Å²) >= 11 is 1.36. The van der Waals surface area contributed by atoms with E-state index >= 15 is 0 Å². The average molecular weight is 604 g/mol. The van der Waals surface area contributed by atoms with Gasteiger partial charge in [-0.1, -0.05) is 11.8 Å². The summed E-state index contributed by atoms with van der Waals surface area (Å²) in [4.78, 5) is 30.8. The largest absolute Gasteiger partial charge is 0.491 e. The number of halogens is 1. The number of carbonyl (C=O) groups is 2. The van der Waals surface area contributed by atoms with Crippen LogP contribution in [0.3, 0.4) is 0 Å². The molecule has 42 heavy (non-hydrogen) atoms. The van der Waals surface area contributed by atoms with E-state index in [1.165, 1.54) is 35.5 Å². The van der Waals surface area contributed by atoms with E-state index in [0.29, 0.717) is 36.5 Å². The minimum Gasteiger partial charge on any atom is -0.491 e. The number of carbonyl (C=O) groups excluding carboxylic acids is 2. The fraction of sp³-hybridized carbons (Fsp3) is 0.500. The highest BCUT2D eigenvalue weighted by Crippen LogP contribution is 2.28. The van der Waals surface area contributed by atoms with Crippen molar-refractivity contribution in [3.8, 4) is 17.6 Å². The van der Waals surface area contributed by atoms with Crippen LogP contribution in [0.15, 0.2) is 30.2 Å². The first kappa shape index (κ1) is 32.5. The van der Waals surface area contributed by atoms with Gasteiger partial charge < -0.3 is 33.9 Å². The number of aromatic nitrogens is 1. The number of rotatable bonds is 11. The first-order valence-corrected chi connectivity index (χ1v) is 14.3. The Hall–Kier alpha value is -3.98. The molecule has 0 atom stereocenters. The van der Waals surface area contributed by atoms with Gasteiger partial charge in [-0.2, -0.15) is 0 Å². The van der Waals surface area contributed by atoms with Gasteiger partial charge in [-0.3, -0.25) is 0 Å². The molecular weight excluding hydrogens is 565 g/mol. The molecule has 0 bridgehead atoms. The number of nitrogens with one attached hydrogen (secondary N) is 1. The van der Waals surface area contributed by atoms with Crippen molar-refractivity contribution >= 4 is 28.5 Å². The molecule has 10 nitrogen and oxygen atoms in total. The molecule has 0 aliphatic carbocycles. The first-order valence-electron chi connectivity index (χ1n) is 13.5. The molecule has 1 N–H and O–H groups in total. The van der Waals surface area contributed by atoms with Crippen molar-refractivity contribution in [2.75, 3.05) is 39.2 Å². The lowest BCUT2D eigenvalue weighted by Crippen LogP contribution is -2.34. The van der Waals surface area contributed by atoms with Gasteiger partial charge in [0.25, 0.3) is 0 Å². The molecule has 1 amide bonds. The zero-order chi connectivity index (χ0) is 30.9. The summed E-state index contributed by atoms with van der Waals surface area (Å²) in [6, 6.07) is 4.45. The third-order valence-corrected chi connectivity index (χ3v) is 6.64. The molecule has 3 rings (SSSR count). The van der Waals surface area contributed by atoms with Gasteiger partial charge in [0.1, 0.15) is 17.6 Å². The highest BCUT2D eigenvalue weighted by molar-refractivity contribution is 7.15.